The highest BCUT2D eigenvalue weighted by Gasteiger charge is 2.56. The van der Waals surface area contributed by atoms with E-state index < -0.39 is 47.8 Å². The van der Waals surface area contributed by atoms with E-state index in [2.05, 4.69) is 41.2 Å². The molecule has 3 atom stereocenters. The Morgan fingerprint density at radius 1 is 1.13 bits per heavy atom. The lowest BCUT2D eigenvalue weighted by atomic mass is 9.76. The Hall–Kier alpha value is -4.51. The SMILES string of the molecule is O=C(N[C@H](c1cn2ncc(C[C@@]3(Cc4ncon4)C[C@@H](C(F)(F)F)NC3=O)cc2n1)C1CCC(F)(F)CC1)c1nonc1C1CC1. The van der Waals surface area contributed by atoms with Crippen LogP contribution in [0.5, 0.6) is 0 Å². The smallest absolute Gasteiger partial charge is 0.344 e. The molecule has 3 aliphatic rings. The molecule has 46 heavy (non-hydrogen) atoms. The van der Waals surface area contributed by atoms with Crippen LogP contribution in [0, 0.1) is 11.3 Å². The summed E-state index contributed by atoms with van der Waals surface area (Å²) in [6, 6.07) is -1.24. The van der Waals surface area contributed by atoms with Crippen molar-refractivity contribution >= 4 is 17.5 Å². The summed E-state index contributed by atoms with van der Waals surface area (Å²) in [5, 5.41) is 20.7. The molecule has 4 aromatic rings. The largest absolute Gasteiger partial charge is 0.408 e. The summed E-state index contributed by atoms with van der Waals surface area (Å²) >= 11 is 0. The van der Waals surface area contributed by atoms with Crippen LogP contribution in [0.1, 0.15) is 90.2 Å². The average Bonchev–Trinajstić information content (AvgIpc) is 3.37. The number of hydrogen-bond acceptors (Lipinski definition) is 10. The Kier molecular flexibility index (Phi) is 7.26. The average molecular weight is 650 g/mol. The molecule has 3 fully saturated rings. The van der Waals surface area contributed by atoms with Gasteiger partial charge in [0.05, 0.1) is 29.5 Å². The molecule has 4 aromatic heterocycles. The second kappa shape index (κ2) is 11.1. The minimum atomic E-state index is -4.65. The predicted molar refractivity (Wildman–Crippen MR) is 143 cm³/mol. The van der Waals surface area contributed by atoms with Crippen molar-refractivity contribution in [2.75, 3.05) is 0 Å². The molecule has 0 radical (unpaired) electrons. The number of rotatable bonds is 9. The van der Waals surface area contributed by atoms with E-state index in [-0.39, 0.29) is 67.5 Å². The second-order valence-corrected chi connectivity index (χ2v) is 12.5. The molecule has 0 spiro atoms. The molecule has 13 nitrogen and oxygen atoms in total. The number of carbonyl (C=O) groups is 2. The molecule has 18 heteroatoms. The number of nitrogens with zero attached hydrogens (tertiary/aromatic N) is 7. The molecule has 2 aliphatic carbocycles. The van der Waals surface area contributed by atoms with Crippen molar-refractivity contribution in [3.05, 3.63) is 53.3 Å². The summed E-state index contributed by atoms with van der Waals surface area (Å²) in [5.74, 6) is -4.38. The fourth-order valence-corrected chi connectivity index (χ4v) is 6.57. The van der Waals surface area contributed by atoms with Crippen LogP contribution in [0.3, 0.4) is 0 Å². The van der Waals surface area contributed by atoms with Gasteiger partial charge in [-0.1, -0.05) is 10.3 Å². The van der Waals surface area contributed by atoms with Gasteiger partial charge in [0.25, 0.3) is 5.91 Å². The second-order valence-electron chi connectivity index (χ2n) is 12.5. The zero-order valence-electron chi connectivity index (χ0n) is 24.1. The summed E-state index contributed by atoms with van der Waals surface area (Å²) in [6.45, 7) is 0. The number of halogens is 5. The van der Waals surface area contributed by atoms with Gasteiger partial charge in [-0.25, -0.2) is 22.9 Å². The number of alkyl halides is 5. The van der Waals surface area contributed by atoms with Gasteiger partial charge in [-0.3, -0.25) is 9.59 Å². The molecule has 0 bridgehead atoms. The number of hydrogen-bond donors (Lipinski definition) is 2. The normalized spacial score (nSPS) is 24.3. The van der Waals surface area contributed by atoms with Gasteiger partial charge in [0, 0.05) is 25.2 Å². The Balaban J connectivity index is 1.18. The van der Waals surface area contributed by atoms with Crippen LogP contribution < -0.4 is 10.6 Å². The summed E-state index contributed by atoms with van der Waals surface area (Å²) in [5.41, 5.74) is 0.00791. The van der Waals surface area contributed by atoms with Crippen molar-refractivity contribution in [3.8, 4) is 0 Å². The van der Waals surface area contributed by atoms with Crippen LogP contribution >= 0.6 is 0 Å². The van der Waals surface area contributed by atoms with Crippen LogP contribution in [0.15, 0.2) is 34.0 Å². The van der Waals surface area contributed by atoms with Crippen molar-refractivity contribution < 1.29 is 40.7 Å². The van der Waals surface area contributed by atoms with E-state index in [1.807, 2.05) is 0 Å². The molecular weight excluding hydrogens is 621 g/mol. The highest BCUT2D eigenvalue weighted by Crippen LogP contribution is 2.44. The van der Waals surface area contributed by atoms with Gasteiger partial charge >= 0.3 is 6.18 Å². The zero-order valence-corrected chi connectivity index (χ0v) is 24.1. The molecular formula is C28H28F5N9O4. The van der Waals surface area contributed by atoms with Crippen molar-refractivity contribution in [2.45, 2.75) is 87.9 Å². The molecule has 2 N–H and O–H groups in total. The van der Waals surface area contributed by atoms with E-state index in [4.69, 9.17) is 9.15 Å². The van der Waals surface area contributed by atoms with Gasteiger partial charge in [0.1, 0.15) is 11.7 Å². The molecule has 0 unspecified atom stereocenters. The molecule has 7 rings (SSSR count). The van der Waals surface area contributed by atoms with Gasteiger partial charge in [0.15, 0.2) is 17.2 Å². The highest BCUT2D eigenvalue weighted by atomic mass is 19.4. The molecule has 1 aliphatic heterocycles. The van der Waals surface area contributed by atoms with Crippen molar-refractivity contribution in [1.82, 2.24) is 45.7 Å². The van der Waals surface area contributed by atoms with Crippen LogP contribution in [-0.2, 0) is 17.6 Å². The van der Waals surface area contributed by atoms with Crippen LogP contribution in [0.25, 0.3) is 5.65 Å². The van der Waals surface area contributed by atoms with E-state index in [0.29, 0.717) is 17.0 Å². The van der Waals surface area contributed by atoms with Gasteiger partial charge < -0.3 is 15.2 Å². The molecule has 2 saturated carbocycles. The number of fused-ring (bicyclic) bond motifs is 1. The predicted octanol–water partition coefficient (Wildman–Crippen LogP) is 3.89. The summed E-state index contributed by atoms with van der Waals surface area (Å²) in [7, 11) is 0. The first-order chi connectivity index (χ1) is 21.9. The lowest BCUT2D eigenvalue weighted by Gasteiger charge is -2.33. The maximum Gasteiger partial charge on any atom is 0.408 e. The van der Waals surface area contributed by atoms with Crippen LogP contribution in [0.2, 0.25) is 0 Å². The van der Waals surface area contributed by atoms with Gasteiger partial charge in [-0.2, -0.15) is 23.3 Å². The van der Waals surface area contributed by atoms with Crippen molar-refractivity contribution in [3.63, 3.8) is 0 Å². The number of amides is 2. The van der Waals surface area contributed by atoms with Gasteiger partial charge in [0.2, 0.25) is 18.2 Å². The Bertz CT molecular complexity index is 1740. The third-order valence-electron chi connectivity index (χ3n) is 9.15. The number of aromatic nitrogens is 7. The minimum Gasteiger partial charge on any atom is -0.344 e. The molecule has 0 aromatic carbocycles. The molecule has 2 amide bonds. The zero-order chi connectivity index (χ0) is 32.3. The van der Waals surface area contributed by atoms with Gasteiger partial charge in [-0.05, 0) is 61.2 Å². The first kappa shape index (κ1) is 30.2. The standard InChI is InChI=1S/C28H28F5N9O4/c29-27(30)5-3-16(4-6-27)21(38-24(43)23-22(15-1-2-15)40-46-41-23)17-12-42-20(36-17)7-14(11-35-42)8-26(10-19-34-13-45-39-19)9-18(28(31,32)33)37-25(26)44/h7,11-13,15-16,18,21H,1-6,8-10H2,(H,37,44)(H,38,43)/t18-,21-,26-/m0/s1. The third-order valence-corrected chi connectivity index (χ3v) is 9.15. The molecule has 5 heterocycles. The van der Waals surface area contributed by atoms with E-state index in [9.17, 15) is 31.5 Å². The minimum absolute atomic E-state index is 0.0386. The van der Waals surface area contributed by atoms with Crippen LogP contribution in [-0.4, -0.2) is 65.0 Å². The fourth-order valence-electron chi connectivity index (χ4n) is 6.57. The summed E-state index contributed by atoms with van der Waals surface area (Å²) < 4.78 is 80.1. The van der Waals surface area contributed by atoms with E-state index in [1.54, 1.807) is 12.3 Å². The summed E-state index contributed by atoms with van der Waals surface area (Å²) in [6.07, 6.45) is -0.242. The molecule has 244 valence electrons. The van der Waals surface area contributed by atoms with E-state index in [1.165, 1.54) is 10.7 Å². The third kappa shape index (κ3) is 5.91. The first-order valence-electron chi connectivity index (χ1n) is 14.9. The molecule has 1 saturated heterocycles. The maximum absolute atomic E-state index is 14.1. The Morgan fingerprint density at radius 2 is 1.91 bits per heavy atom. The monoisotopic (exact) mass is 649 g/mol. The quantitative estimate of drug-likeness (QED) is 0.254. The van der Waals surface area contributed by atoms with E-state index in [0.717, 1.165) is 19.2 Å². The maximum atomic E-state index is 14.1. The van der Waals surface area contributed by atoms with Crippen molar-refractivity contribution in [1.29, 1.82) is 0 Å². The van der Waals surface area contributed by atoms with Crippen LogP contribution in [0.4, 0.5) is 22.0 Å². The topological polar surface area (TPSA) is 166 Å². The Labute approximate surface area is 256 Å². The Morgan fingerprint density at radius 3 is 2.59 bits per heavy atom. The summed E-state index contributed by atoms with van der Waals surface area (Å²) in [4.78, 5) is 35.0. The lowest BCUT2D eigenvalue weighted by molar-refractivity contribution is -0.155. The van der Waals surface area contributed by atoms with E-state index >= 15 is 0 Å². The number of imidazole rings is 1. The number of carbonyl (C=O) groups excluding carboxylic acids is 2. The van der Waals surface area contributed by atoms with Crippen molar-refractivity contribution in [2.24, 2.45) is 11.3 Å². The highest BCUT2D eigenvalue weighted by molar-refractivity contribution is 5.93. The number of nitrogens with one attached hydrogen (secondary N) is 2. The van der Waals surface area contributed by atoms with Gasteiger partial charge in [-0.15, -0.1) is 0 Å². The first-order valence-corrected chi connectivity index (χ1v) is 14.9. The fraction of sp³-hybridized carbons (Fsp3) is 0.571. The lowest BCUT2D eigenvalue weighted by Crippen LogP contribution is -2.39.